The molecule has 24 heavy (non-hydrogen) atoms. The normalized spacial score (nSPS) is 11.1. The van der Waals surface area contributed by atoms with E-state index >= 15 is 0 Å². The first-order chi connectivity index (χ1) is 11.3. The summed E-state index contributed by atoms with van der Waals surface area (Å²) in [6.07, 6.45) is 1.38. The van der Waals surface area contributed by atoms with Crippen molar-refractivity contribution < 1.29 is 19.8 Å². The van der Waals surface area contributed by atoms with Gasteiger partial charge in [0.1, 0.15) is 0 Å². The molecule has 0 saturated carbocycles. The Morgan fingerprint density at radius 3 is 2.12 bits per heavy atom. The third kappa shape index (κ3) is 4.93. The molecule has 5 heteroatoms. The topological polar surface area (TPSA) is 86.6 Å². The lowest BCUT2D eigenvalue weighted by Crippen LogP contribution is -2.19. The molecule has 0 aliphatic carbocycles. The summed E-state index contributed by atoms with van der Waals surface area (Å²) < 4.78 is 0. The minimum Gasteiger partial charge on any atom is -0.478 e. The van der Waals surface area contributed by atoms with Crippen LogP contribution in [0.4, 0.5) is 5.69 Å². The summed E-state index contributed by atoms with van der Waals surface area (Å²) in [4.78, 5) is 23.4. The highest BCUT2D eigenvalue weighted by atomic mass is 16.4. The van der Waals surface area contributed by atoms with Crippen LogP contribution < -0.4 is 5.32 Å². The van der Waals surface area contributed by atoms with Crippen LogP contribution in [0.2, 0.25) is 0 Å². The molecule has 1 amide bonds. The van der Waals surface area contributed by atoms with E-state index in [1.54, 1.807) is 38.1 Å². The van der Waals surface area contributed by atoms with Crippen molar-refractivity contribution in [2.24, 2.45) is 0 Å². The maximum Gasteiger partial charge on any atom is 0.336 e. The standard InChI is InChI=1S/C19H21NO4/c1-19(2,24)12-11-13-7-9-14(10-8-13)20-17(21)15-5-3-4-6-16(15)18(22)23/h3-10,24H,11-12H2,1-2H3,(H,20,21)(H,22,23). The van der Waals surface area contributed by atoms with Crippen LogP contribution in [0.5, 0.6) is 0 Å². The molecule has 0 radical (unpaired) electrons. The van der Waals surface area contributed by atoms with Gasteiger partial charge in [0, 0.05) is 5.69 Å². The number of aromatic carboxylic acids is 1. The van der Waals surface area contributed by atoms with Gasteiger partial charge in [0.15, 0.2) is 0 Å². The molecule has 126 valence electrons. The molecule has 0 heterocycles. The fraction of sp³-hybridized carbons (Fsp3) is 0.263. The van der Waals surface area contributed by atoms with Crippen molar-refractivity contribution in [1.29, 1.82) is 0 Å². The number of hydrogen-bond acceptors (Lipinski definition) is 3. The molecule has 0 spiro atoms. The molecule has 2 aromatic rings. The predicted molar refractivity (Wildman–Crippen MR) is 92.4 cm³/mol. The Morgan fingerprint density at radius 1 is 1.00 bits per heavy atom. The van der Waals surface area contributed by atoms with E-state index < -0.39 is 17.5 Å². The summed E-state index contributed by atoms with van der Waals surface area (Å²) in [6, 6.07) is 13.4. The average molecular weight is 327 g/mol. The van der Waals surface area contributed by atoms with Gasteiger partial charge in [-0.1, -0.05) is 24.3 Å². The van der Waals surface area contributed by atoms with Crippen molar-refractivity contribution in [2.45, 2.75) is 32.3 Å². The molecule has 2 aromatic carbocycles. The Balaban J connectivity index is 2.06. The summed E-state index contributed by atoms with van der Waals surface area (Å²) in [5, 5.41) is 21.6. The first-order valence-electron chi connectivity index (χ1n) is 7.71. The van der Waals surface area contributed by atoms with Crippen LogP contribution in [0, 0.1) is 0 Å². The summed E-state index contributed by atoms with van der Waals surface area (Å²) in [7, 11) is 0. The minimum atomic E-state index is -1.14. The number of carboxylic acids is 1. The number of amides is 1. The molecule has 0 atom stereocenters. The molecule has 3 N–H and O–H groups in total. The van der Waals surface area contributed by atoms with Gasteiger partial charge in [-0.2, -0.15) is 0 Å². The Hall–Kier alpha value is -2.66. The Labute approximate surface area is 141 Å². The monoisotopic (exact) mass is 327 g/mol. The van der Waals surface area contributed by atoms with Gasteiger partial charge in [0.05, 0.1) is 16.7 Å². The lowest BCUT2D eigenvalue weighted by atomic mass is 9.99. The highest BCUT2D eigenvalue weighted by Crippen LogP contribution is 2.17. The second-order valence-corrected chi connectivity index (χ2v) is 6.31. The zero-order valence-electron chi connectivity index (χ0n) is 13.7. The lowest BCUT2D eigenvalue weighted by Gasteiger charge is -2.16. The van der Waals surface area contributed by atoms with Gasteiger partial charge in [0.25, 0.3) is 5.91 Å². The number of carboxylic acid groups (broad SMARTS) is 1. The third-order valence-electron chi connectivity index (χ3n) is 3.64. The van der Waals surface area contributed by atoms with Gasteiger partial charge in [-0.05, 0) is 56.5 Å². The van der Waals surface area contributed by atoms with Crippen LogP contribution in [0.15, 0.2) is 48.5 Å². The molecule has 5 nitrogen and oxygen atoms in total. The summed E-state index contributed by atoms with van der Waals surface area (Å²) in [5.74, 6) is -1.60. The second-order valence-electron chi connectivity index (χ2n) is 6.31. The molecule has 2 rings (SSSR count). The highest BCUT2D eigenvalue weighted by Gasteiger charge is 2.16. The predicted octanol–water partition coefficient (Wildman–Crippen LogP) is 3.34. The average Bonchev–Trinajstić information content (AvgIpc) is 2.53. The van der Waals surface area contributed by atoms with Crippen LogP contribution in [0.25, 0.3) is 0 Å². The lowest BCUT2D eigenvalue weighted by molar-refractivity contribution is 0.0690. The fourth-order valence-electron chi connectivity index (χ4n) is 2.27. The zero-order chi connectivity index (χ0) is 17.7. The van der Waals surface area contributed by atoms with E-state index in [1.165, 1.54) is 12.1 Å². The van der Waals surface area contributed by atoms with E-state index in [0.29, 0.717) is 12.1 Å². The van der Waals surface area contributed by atoms with E-state index in [0.717, 1.165) is 12.0 Å². The summed E-state index contributed by atoms with van der Waals surface area (Å²) >= 11 is 0. The number of carbonyl (C=O) groups excluding carboxylic acids is 1. The first-order valence-corrected chi connectivity index (χ1v) is 7.71. The highest BCUT2D eigenvalue weighted by molar-refractivity contribution is 6.10. The third-order valence-corrected chi connectivity index (χ3v) is 3.64. The zero-order valence-corrected chi connectivity index (χ0v) is 13.7. The number of rotatable bonds is 6. The van der Waals surface area contributed by atoms with Crippen molar-refractivity contribution in [2.75, 3.05) is 5.32 Å². The van der Waals surface area contributed by atoms with E-state index in [4.69, 9.17) is 5.11 Å². The van der Waals surface area contributed by atoms with Crippen molar-refractivity contribution in [3.8, 4) is 0 Å². The van der Waals surface area contributed by atoms with Crippen molar-refractivity contribution in [3.05, 3.63) is 65.2 Å². The largest absolute Gasteiger partial charge is 0.478 e. The first kappa shape index (κ1) is 17.7. The quantitative estimate of drug-likeness (QED) is 0.759. The molecule has 0 aliphatic rings. The van der Waals surface area contributed by atoms with Gasteiger partial charge < -0.3 is 15.5 Å². The van der Waals surface area contributed by atoms with E-state index in [9.17, 15) is 14.7 Å². The van der Waals surface area contributed by atoms with Gasteiger partial charge in [-0.15, -0.1) is 0 Å². The molecule has 0 aromatic heterocycles. The molecule has 0 aliphatic heterocycles. The molecular formula is C19H21NO4. The van der Waals surface area contributed by atoms with Crippen molar-refractivity contribution in [3.63, 3.8) is 0 Å². The van der Waals surface area contributed by atoms with Crippen molar-refractivity contribution >= 4 is 17.6 Å². The number of aliphatic hydroxyl groups is 1. The Kier molecular flexibility index (Phi) is 5.36. The van der Waals surface area contributed by atoms with Crippen LogP contribution in [-0.4, -0.2) is 27.7 Å². The second kappa shape index (κ2) is 7.27. The maximum absolute atomic E-state index is 12.3. The molecule has 0 unspecified atom stereocenters. The Morgan fingerprint density at radius 2 is 1.58 bits per heavy atom. The number of aryl methyl sites for hydroxylation is 1. The van der Waals surface area contributed by atoms with Crippen molar-refractivity contribution in [1.82, 2.24) is 0 Å². The number of anilines is 1. The smallest absolute Gasteiger partial charge is 0.336 e. The van der Waals surface area contributed by atoms with Gasteiger partial charge in [-0.3, -0.25) is 4.79 Å². The number of hydrogen-bond donors (Lipinski definition) is 3. The molecular weight excluding hydrogens is 306 g/mol. The van der Waals surface area contributed by atoms with E-state index in [1.807, 2.05) is 12.1 Å². The van der Waals surface area contributed by atoms with E-state index in [2.05, 4.69) is 5.32 Å². The maximum atomic E-state index is 12.3. The fourth-order valence-corrected chi connectivity index (χ4v) is 2.27. The van der Waals surface area contributed by atoms with Crippen LogP contribution in [0.1, 0.15) is 46.5 Å². The summed E-state index contributed by atoms with van der Waals surface area (Å²) in [6.45, 7) is 3.53. The van der Waals surface area contributed by atoms with E-state index in [-0.39, 0.29) is 11.1 Å². The molecule has 0 bridgehead atoms. The molecule has 0 saturated heterocycles. The number of carbonyl (C=O) groups is 2. The van der Waals surface area contributed by atoms with Crippen LogP contribution in [0.3, 0.4) is 0 Å². The minimum absolute atomic E-state index is 0.0307. The van der Waals surface area contributed by atoms with Gasteiger partial charge in [-0.25, -0.2) is 4.79 Å². The van der Waals surface area contributed by atoms with Gasteiger partial charge in [0.2, 0.25) is 0 Å². The van der Waals surface area contributed by atoms with Gasteiger partial charge >= 0.3 is 5.97 Å². The number of benzene rings is 2. The number of nitrogens with one attached hydrogen (secondary N) is 1. The van der Waals surface area contributed by atoms with Crippen LogP contribution in [-0.2, 0) is 6.42 Å². The Bertz CT molecular complexity index is 730. The summed E-state index contributed by atoms with van der Waals surface area (Å²) in [5.41, 5.74) is 1.02. The SMILES string of the molecule is CC(C)(O)CCc1ccc(NC(=O)c2ccccc2C(=O)O)cc1. The van der Waals surface area contributed by atoms with Crippen LogP contribution >= 0.6 is 0 Å². The molecule has 0 fully saturated rings.